The van der Waals surface area contributed by atoms with Gasteiger partial charge in [0.25, 0.3) is 5.56 Å². The van der Waals surface area contributed by atoms with Crippen molar-refractivity contribution in [2.75, 3.05) is 6.61 Å². The van der Waals surface area contributed by atoms with Crippen LogP contribution in [0, 0.1) is 0 Å². The fraction of sp³-hybridized carbons (Fsp3) is 0.385. The summed E-state index contributed by atoms with van der Waals surface area (Å²) in [5.74, 6) is 0.107. The van der Waals surface area contributed by atoms with Crippen molar-refractivity contribution in [1.82, 2.24) is 19.5 Å². The average molecular weight is 292 g/mol. The Morgan fingerprint density at radius 1 is 1.38 bits per heavy atom. The molecule has 2 aromatic heterocycles. The van der Waals surface area contributed by atoms with Crippen molar-refractivity contribution in [1.29, 1.82) is 0 Å². The number of aryl methyl sites for hydroxylation is 2. The summed E-state index contributed by atoms with van der Waals surface area (Å²) in [5, 5.41) is 0. The molecule has 0 atom stereocenters. The summed E-state index contributed by atoms with van der Waals surface area (Å²) in [6.07, 6.45) is 3.97. The standard InChI is InChI=1S/C13H16N4O4/c1-3-4-7-21-9(18)6-5-8-14-10-11(15-8)17(2)13(20)16-12(10)19/h3-4H,5-7H2,1-2H3,(H,14,15)(H,16,19,20)/b4-3-. The van der Waals surface area contributed by atoms with E-state index in [1.165, 1.54) is 11.6 Å². The zero-order chi connectivity index (χ0) is 15.4. The lowest BCUT2D eigenvalue weighted by Crippen LogP contribution is -2.28. The van der Waals surface area contributed by atoms with Crippen LogP contribution in [0.25, 0.3) is 11.2 Å². The van der Waals surface area contributed by atoms with E-state index in [1.807, 2.05) is 6.92 Å². The minimum atomic E-state index is -0.531. The maximum atomic E-state index is 11.6. The first-order valence-electron chi connectivity index (χ1n) is 6.47. The highest BCUT2D eigenvalue weighted by Gasteiger charge is 2.12. The molecule has 8 heteroatoms. The average Bonchev–Trinajstić information content (AvgIpc) is 2.88. The third kappa shape index (κ3) is 3.28. The highest BCUT2D eigenvalue weighted by atomic mass is 16.5. The Balaban J connectivity index is 2.12. The molecule has 112 valence electrons. The summed E-state index contributed by atoms with van der Waals surface area (Å²) in [4.78, 5) is 43.7. The molecule has 0 spiro atoms. The van der Waals surface area contributed by atoms with E-state index in [9.17, 15) is 14.4 Å². The number of nitrogens with zero attached hydrogens (tertiary/aromatic N) is 2. The summed E-state index contributed by atoms with van der Waals surface area (Å²) in [6.45, 7) is 2.08. The highest BCUT2D eigenvalue weighted by Crippen LogP contribution is 2.06. The van der Waals surface area contributed by atoms with E-state index in [0.717, 1.165) is 0 Å². The van der Waals surface area contributed by atoms with Gasteiger partial charge in [-0.3, -0.25) is 19.1 Å². The van der Waals surface area contributed by atoms with Crippen LogP contribution in [0.2, 0.25) is 0 Å². The zero-order valence-electron chi connectivity index (χ0n) is 11.8. The van der Waals surface area contributed by atoms with Gasteiger partial charge in [-0.15, -0.1) is 0 Å². The Bertz CT molecular complexity index is 797. The number of carbonyl (C=O) groups is 1. The van der Waals surface area contributed by atoms with Gasteiger partial charge in [0.15, 0.2) is 5.65 Å². The van der Waals surface area contributed by atoms with E-state index in [4.69, 9.17) is 4.74 Å². The number of aromatic nitrogens is 4. The number of rotatable bonds is 5. The lowest BCUT2D eigenvalue weighted by molar-refractivity contribution is -0.142. The molecule has 0 bridgehead atoms. The summed E-state index contributed by atoms with van der Waals surface area (Å²) in [6, 6.07) is 0. The van der Waals surface area contributed by atoms with Crippen LogP contribution < -0.4 is 11.2 Å². The second kappa shape index (κ2) is 6.21. The largest absolute Gasteiger partial charge is 0.461 e. The maximum absolute atomic E-state index is 11.6. The second-order valence-corrected chi connectivity index (χ2v) is 4.45. The Hall–Kier alpha value is -2.64. The van der Waals surface area contributed by atoms with E-state index >= 15 is 0 Å². The van der Waals surface area contributed by atoms with Crippen molar-refractivity contribution in [3.8, 4) is 0 Å². The van der Waals surface area contributed by atoms with Gasteiger partial charge in [-0.2, -0.15) is 0 Å². The van der Waals surface area contributed by atoms with E-state index < -0.39 is 11.2 Å². The quantitative estimate of drug-likeness (QED) is 0.595. The molecular formula is C13H16N4O4. The summed E-state index contributed by atoms with van der Waals surface area (Å²) in [5.41, 5.74) is -0.575. The number of ether oxygens (including phenoxy) is 1. The molecule has 21 heavy (non-hydrogen) atoms. The number of fused-ring (bicyclic) bond motifs is 1. The van der Waals surface area contributed by atoms with Gasteiger partial charge in [-0.05, 0) is 6.92 Å². The van der Waals surface area contributed by atoms with Gasteiger partial charge in [-0.25, -0.2) is 9.78 Å². The molecule has 0 unspecified atom stereocenters. The first-order valence-corrected chi connectivity index (χ1v) is 6.47. The predicted octanol–water partition coefficient (Wildman–Crippen LogP) is 0.00180. The molecule has 2 N–H and O–H groups in total. The molecule has 0 saturated heterocycles. The Morgan fingerprint density at radius 3 is 2.86 bits per heavy atom. The van der Waals surface area contributed by atoms with E-state index in [-0.39, 0.29) is 30.2 Å². The van der Waals surface area contributed by atoms with Gasteiger partial charge in [0.05, 0.1) is 6.42 Å². The molecule has 0 aromatic carbocycles. The number of hydrogen-bond donors (Lipinski definition) is 2. The van der Waals surface area contributed by atoms with E-state index in [0.29, 0.717) is 12.2 Å². The molecule has 0 saturated carbocycles. The van der Waals surface area contributed by atoms with Gasteiger partial charge < -0.3 is 9.72 Å². The number of hydrogen-bond acceptors (Lipinski definition) is 5. The van der Waals surface area contributed by atoms with Crippen LogP contribution in [-0.4, -0.2) is 32.1 Å². The Labute approximate surface area is 119 Å². The van der Waals surface area contributed by atoms with Crippen molar-refractivity contribution in [2.45, 2.75) is 19.8 Å². The van der Waals surface area contributed by atoms with Crippen LogP contribution in [0.1, 0.15) is 19.2 Å². The van der Waals surface area contributed by atoms with Crippen molar-refractivity contribution < 1.29 is 9.53 Å². The van der Waals surface area contributed by atoms with Crippen LogP contribution in [0.4, 0.5) is 0 Å². The van der Waals surface area contributed by atoms with Crippen LogP contribution >= 0.6 is 0 Å². The van der Waals surface area contributed by atoms with Crippen molar-refractivity contribution in [2.24, 2.45) is 7.05 Å². The van der Waals surface area contributed by atoms with Gasteiger partial charge in [0.2, 0.25) is 0 Å². The lowest BCUT2D eigenvalue weighted by Gasteiger charge is -1.99. The topological polar surface area (TPSA) is 110 Å². The first kappa shape index (κ1) is 14.8. The number of allylic oxidation sites excluding steroid dienone is 1. The Kier molecular flexibility index (Phi) is 4.36. The molecule has 0 aliphatic rings. The van der Waals surface area contributed by atoms with Crippen LogP contribution in [0.15, 0.2) is 21.7 Å². The van der Waals surface area contributed by atoms with Crippen molar-refractivity contribution >= 4 is 17.1 Å². The normalized spacial score (nSPS) is 11.3. The zero-order valence-corrected chi connectivity index (χ0v) is 11.8. The Morgan fingerprint density at radius 2 is 2.14 bits per heavy atom. The van der Waals surface area contributed by atoms with Crippen LogP contribution in [0.3, 0.4) is 0 Å². The van der Waals surface area contributed by atoms with Crippen molar-refractivity contribution in [3.05, 3.63) is 38.8 Å². The third-order valence-electron chi connectivity index (χ3n) is 2.95. The minimum Gasteiger partial charge on any atom is -0.461 e. The molecule has 2 rings (SSSR count). The number of esters is 1. The SMILES string of the molecule is C/C=C\COC(=O)CCc1nc2c([nH]1)c(=O)[nH]c(=O)n2C. The molecule has 2 aromatic rings. The minimum absolute atomic E-state index is 0.142. The number of nitrogens with one attached hydrogen (secondary N) is 2. The fourth-order valence-corrected chi connectivity index (χ4v) is 1.80. The number of imidazole rings is 1. The number of aromatic amines is 2. The maximum Gasteiger partial charge on any atom is 0.329 e. The first-order chi connectivity index (χ1) is 10.0. The van der Waals surface area contributed by atoms with Gasteiger partial charge in [-0.1, -0.05) is 12.2 Å². The summed E-state index contributed by atoms with van der Waals surface area (Å²) >= 11 is 0. The molecular weight excluding hydrogens is 276 g/mol. The van der Waals surface area contributed by atoms with Gasteiger partial charge in [0.1, 0.15) is 17.9 Å². The van der Waals surface area contributed by atoms with E-state index in [1.54, 1.807) is 12.2 Å². The second-order valence-electron chi connectivity index (χ2n) is 4.45. The van der Waals surface area contributed by atoms with E-state index in [2.05, 4.69) is 15.0 Å². The summed E-state index contributed by atoms with van der Waals surface area (Å²) < 4.78 is 6.19. The lowest BCUT2D eigenvalue weighted by atomic mass is 10.3. The monoisotopic (exact) mass is 292 g/mol. The number of H-pyrrole nitrogens is 2. The van der Waals surface area contributed by atoms with Crippen molar-refractivity contribution in [3.63, 3.8) is 0 Å². The summed E-state index contributed by atoms with van der Waals surface area (Å²) in [7, 11) is 1.51. The highest BCUT2D eigenvalue weighted by molar-refractivity contribution is 5.71. The van der Waals surface area contributed by atoms with Crippen LogP contribution in [-0.2, 0) is 23.0 Å². The van der Waals surface area contributed by atoms with Gasteiger partial charge in [0, 0.05) is 13.5 Å². The number of carbonyl (C=O) groups excluding carboxylic acids is 1. The predicted molar refractivity (Wildman–Crippen MR) is 76.0 cm³/mol. The molecule has 8 nitrogen and oxygen atoms in total. The smallest absolute Gasteiger partial charge is 0.329 e. The molecule has 0 amide bonds. The van der Waals surface area contributed by atoms with Gasteiger partial charge >= 0.3 is 11.7 Å². The molecule has 0 fully saturated rings. The molecule has 0 aliphatic carbocycles. The van der Waals surface area contributed by atoms with Crippen LogP contribution in [0.5, 0.6) is 0 Å². The molecule has 0 radical (unpaired) electrons. The molecule has 0 aliphatic heterocycles. The third-order valence-corrected chi connectivity index (χ3v) is 2.95. The fourth-order valence-electron chi connectivity index (χ4n) is 1.80. The molecule has 2 heterocycles.